The molecule has 3 rings (SSSR count). The Hall–Kier alpha value is -2.42. The third-order valence-electron chi connectivity index (χ3n) is 5.93. The van der Waals surface area contributed by atoms with Gasteiger partial charge in [-0.25, -0.2) is 13.1 Å². The lowest BCUT2D eigenvalue weighted by molar-refractivity contribution is -0.126. The third-order valence-corrected chi connectivity index (χ3v) is 7.45. The largest absolute Gasteiger partial charge is 0.494 e. The lowest BCUT2D eigenvalue weighted by atomic mass is 9.85. The number of carbonyl (C=O) groups is 1. The molecular formula is C24H33N3O4S. The number of sulfonamides is 1. The van der Waals surface area contributed by atoms with Gasteiger partial charge in [0.1, 0.15) is 5.75 Å². The van der Waals surface area contributed by atoms with Gasteiger partial charge in [0, 0.05) is 18.5 Å². The molecule has 2 aromatic carbocycles. The minimum Gasteiger partial charge on any atom is -0.494 e. The van der Waals surface area contributed by atoms with Gasteiger partial charge in [0.05, 0.1) is 17.5 Å². The minimum absolute atomic E-state index is 0.0206. The fourth-order valence-electron chi connectivity index (χ4n) is 4.12. The Labute approximate surface area is 190 Å². The van der Waals surface area contributed by atoms with Gasteiger partial charge in [0.15, 0.2) is 0 Å². The first-order valence-corrected chi connectivity index (χ1v) is 12.6. The topological polar surface area (TPSA) is 111 Å². The molecule has 0 unspecified atom stereocenters. The van der Waals surface area contributed by atoms with Crippen molar-refractivity contribution in [2.24, 2.45) is 11.7 Å². The van der Waals surface area contributed by atoms with Crippen molar-refractivity contribution >= 4 is 15.9 Å². The van der Waals surface area contributed by atoms with Crippen LogP contribution < -0.4 is 20.5 Å². The summed E-state index contributed by atoms with van der Waals surface area (Å²) < 4.78 is 34.0. The zero-order chi connectivity index (χ0) is 23.1. The average molecular weight is 460 g/mol. The molecule has 1 saturated carbocycles. The molecule has 0 spiro atoms. The Balaban J connectivity index is 1.55. The second-order valence-electron chi connectivity index (χ2n) is 8.24. The number of amides is 1. The second-order valence-corrected chi connectivity index (χ2v) is 9.95. The summed E-state index contributed by atoms with van der Waals surface area (Å²) in [6.07, 6.45) is 2.50. The molecule has 0 aliphatic heterocycles. The summed E-state index contributed by atoms with van der Waals surface area (Å²) in [6.45, 7) is 4.57. The summed E-state index contributed by atoms with van der Waals surface area (Å²) in [4.78, 5) is 13.0. The second kappa shape index (κ2) is 10.9. The van der Waals surface area contributed by atoms with Crippen LogP contribution in [0.3, 0.4) is 0 Å². The lowest BCUT2D eigenvalue weighted by Gasteiger charge is -2.29. The van der Waals surface area contributed by atoms with Crippen molar-refractivity contribution in [2.45, 2.75) is 56.5 Å². The Bertz CT molecular complexity index is 1000. The molecule has 1 amide bonds. The van der Waals surface area contributed by atoms with E-state index in [0.29, 0.717) is 44.6 Å². The predicted molar refractivity (Wildman–Crippen MR) is 125 cm³/mol. The maximum atomic E-state index is 12.8. The quantitative estimate of drug-likeness (QED) is 0.534. The Morgan fingerprint density at radius 3 is 2.41 bits per heavy atom. The molecule has 1 aliphatic rings. The third kappa shape index (κ3) is 6.09. The molecule has 0 saturated heterocycles. The standard InChI is InChI=1S/C24H33N3O4S/c1-3-31-23-14-13-21(15-17(23)2)32(29,30)27-20-11-9-19(10-12-20)24(28)26-22(16-25)18-7-5-4-6-8-18/h4-8,13-15,19-20,22,27H,3,9-12,16,25H2,1-2H3,(H,26,28)/t19-,20-,22-/m1/s1. The van der Waals surface area contributed by atoms with Gasteiger partial charge in [-0.3, -0.25) is 4.79 Å². The summed E-state index contributed by atoms with van der Waals surface area (Å²) in [5.74, 6) is 0.526. The summed E-state index contributed by atoms with van der Waals surface area (Å²) in [5, 5.41) is 3.05. The van der Waals surface area contributed by atoms with E-state index in [4.69, 9.17) is 10.5 Å². The molecule has 32 heavy (non-hydrogen) atoms. The number of rotatable bonds is 9. The molecule has 1 fully saturated rings. The highest BCUT2D eigenvalue weighted by molar-refractivity contribution is 7.89. The van der Waals surface area contributed by atoms with Gasteiger partial charge in [-0.15, -0.1) is 0 Å². The van der Waals surface area contributed by atoms with Gasteiger partial charge in [0.2, 0.25) is 15.9 Å². The van der Waals surface area contributed by atoms with Crippen molar-refractivity contribution in [3.05, 3.63) is 59.7 Å². The number of nitrogens with one attached hydrogen (secondary N) is 2. The normalized spacial score (nSPS) is 19.8. The van der Waals surface area contributed by atoms with E-state index in [1.54, 1.807) is 18.2 Å². The van der Waals surface area contributed by atoms with E-state index in [0.717, 1.165) is 11.1 Å². The van der Waals surface area contributed by atoms with Gasteiger partial charge in [-0.05, 0) is 68.9 Å². The van der Waals surface area contributed by atoms with Crippen LogP contribution in [0.1, 0.15) is 49.8 Å². The summed E-state index contributed by atoms with van der Waals surface area (Å²) in [6, 6.07) is 14.2. The zero-order valence-corrected chi connectivity index (χ0v) is 19.5. The predicted octanol–water partition coefficient (Wildman–Crippen LogP) is 3.05. The van der Waals surface area contributed by atoms with E-state index < -0.39 is 10.0 Å². The van der Waals surface area contributed by atoms with Crippen LogP contribution in [0, 0.1) is 12.8 Å². The molecular weight excluding hydrogens is 426 g/mol. The van der Waals surface area contributed by atoms with Gasteiger partial charge >= 0.3 is 0 Å². The molecule has 8 heteroatoms. The summed E-state index contributed by atoms with van der Waals surface area (Å²) in [7, 11) is -3.63. The highest BCUT2D eigenvalue weighted by Gasteiger charge is 2.30. The van der Waals surface area contributed by atoms with Crippen molar-refractivity contribution in [3.63, 3.8) is 0 Å². The number of hydrogen-bond donors (Lipinski definition) is 3. The molecule has 7 nitrogen and oxygen atoms in total. The van der Waals surface area contributed by atoms with E-state index in [-0.39, 0.29) is 28.8 Å². The van der Waals surface area contributed by atoms with E-state index in [2.05, 4.69) is 10.0 Å². The van der Waals surface area contributed by atoms with Gasteiger partial charge < -0.3 is 15.8 Å². The zero-order valence-electron chi connectivity index (χ0n) is 18.7. The van der Waals surface area contributed by atoms with E-state index >= 15 is 0 Å². The lowest BCUT2D eigenvalue weighted by Crippen LogP contribution is -2.42. The van der Waals surface area contributed by atoms with Crippen molar-refractivity contribution in [3.8, 4) is 5.75 Å². The van der Waals surface area contributed by atoms with Crippen molar-refractivity contribution < 1.29 is 17.9 Å². The molecule has 0 aromatic heterocycles. The molecule has 0 bridgehead atoms. The van der Waals surface area contributed by atoms with Crippen LogP contribution in [-0.4, -0.2) is 33.5 Å². The van der Waals surface area contributed by atoms with Crippen LogP contribution in [0.2, 0.25) is 0 Å². The molecule has 2 aromatic rings. The fraction of sp³-hybridized carbons (Fsp3) is 0.458. The number of ether oxygens (including phenoxy) is 1. The van der Waals surface area contributed by atoms with E-state index in [9.17, 15) is 13.2 Å². The number of aryl methyl sites for hydroxylation is 1. The van der Waals surface area contributed by atoms with Gasteiger partial charge in [-0.1, -0.05) is 30.3 Å². The smallest absolute Gasteiger partial charge is 0.240 e. The van der Waals surface area contributed by atoms with Gasteiger partial charge in [0.25, 0.3) is 0 Å². The summed E-state index contributed by atoms with van der Waals surface area (Å²) in [5.41, 5.74) is 7.63. The Morgan fingerprint density at radius 2 is 1.81 bits per heavy atom. The first-order valence-electron chi connectivity index (χ1n) is 11.1. The SMILES string of the molecule is CCOc1ccc(S(=O)(=O)N[C@H]2CC[C@H](C(=O)N[C@H](CN)c3ccccc3)CC2)cc1C. The van der Waals surface area contributed by atoms with Crippen LogP contribution in [0.15, 0.2) is 53.4 Å². The molecule has 4 N–H and O–H groups in total. The Morgan fingerprint density at radius 1 is 1.12 bits per heavy atom. The highest BCUT2D eigenvalue weighted by atomic mass is 32.2. The molecule has 0 heterocycles. The van der Waals surface area contributed by atoms with E-state index in [1.807, 2.05) is 44.2 Å². The van der Waals surface area contributed by atoms with Crippen molar-refractivity contribution in [2.75, 3.05) is 13.2 Å². The van der Waals surface area contributed by atoms with Crippen LogP contribution in [0.5, 0.6) is 5.75 Å². The number of nitrogens with two attached hydrogens (primary N) is 1. The van der Waals surface area contributed by atoms with Crippen molar-refractivity contribution in [1.82, 2.24) is 10.0 Å². The van der Waals surface area contributed by atoms with Crippen LogP contribution in [0.25, 0.3) is 0 Å². The molecule has 0 radical (unpaired) electrons. The minimum atomic E-state index is -3.63. The fourth-order valence-corrected chi connectivity index (χ4v) is 5.51. The molecule has 1 aliphatic carbocycles. The first kappa shape index (κ1) is 24.2. The number of carbonyl (C=O) groups excluding carboxylic acids is 1. The molecule has 1 atom stereocenters. The maximum Gasteiger partial charge on any atom is 0.240 e. The highest BCUT2D eigenvalue weighted by Crippen LogP contribution is 2.27. The molecule has 174 valence electrons. The van der Waals surface area contributed by atoms with Crippen LogP contribution >= 0.6 is 0 Å². The van der Waals surface area contributed by atoms with Crippen LogP contribution in [-0.2, 0) is 14.8 Å². The average Bonchev–Trinajstić information content (AvgIpc) is 2.79. The number of benzene rings is 2. The number of hydrogen-bond acceptors (Lipinski definition) is 5. The first-order chi connectivity index (χ1) is 15.3. The van der Waals surface area contributed by atoms with Crippen LogP contribution in [0.4, 0.5) is 0 Å². The summed E-state index contributed by atoms with van der Waals surface area (Å²) >= 11 is 0. The Kier molecular flexibility index (Phi) is 8.28. The monoisotopic (exact) mass is 459 g/mol. The van der Waals surface area contributed by atoms with Crippen molar-refractivity contribution in [1.29, 1.82) is 0 Å². The van der Waals surface area contributed by atoms with E-state index in [1.165, 1.54) is 0 Å². The maximum absolute atomic E-state index is 12.8. The van der Waals surface area contributed by atoms with Gasteiger partial charge in [-0.2, -0.15) is 0 Å².